The molecule has 3 unspecified atom stereocenters. The molecule has 2 saturated carbocycles. The van der Waals surface area contributed by atoms with Crippen LogP contribution in [0, 0.1) is 16.7 Å². The minimum absolute atomic E-state index is 0. The van der Waals surface area contributed by atoms with Crippen LogP contribution in [0.15, 0.2) is 12.4 Å². The first-order valence-corrected chi connectivity index (χ1v) is 7.01. The highest BCUT2D eigenvalue weighted by Gasteiger charge is 2.69. The maximum Gasteiger partial charge on any atom is 0.223 e. The van der Waals surface area contributed by atoms with Crippen molar-refractivity contribution < 1.29 is 26.7 Å². The van der Waals surface area contributed by atoms with Crippen LogP contribution in [0.4, 0.5) is 0 Å². The van der Waals surface area contributed by atoms with Gasteiger partial charge in [-0.15, -0.1) is 0 Å². The van der Waals surface area contributed by atoms with E-state index in [1.54, 1.807) is 0 Å². The average molecular weight is 329 g/mol. The summed E-state index contributed by atoms with van der Waals surface area (Å²) in [7, 11) is 2.06. The SMILES string of the molecule is CN1C=C[N+](=CC2(O)CC3CCC2(C)C3(C)C)C1.[Br-]. The molecule has 0 radical (unpaired) electrons. The molecule has 108 valence electrons. The highest BCUT2D eigenvalue weighted by Crippen LogP contribution is 2.69. The first kappa shape index (κ1) is 15.0. The Morgan fingerprint density at radius 1 is 1.37 bits per heavy atom. The fraction of sp³-hybridized carbons (Fsp3) is 0.800. The maximum absolute atomic E-state index is 11.2. The summed E-state index contributed by atoms with van der Waals surface area (Å²) in [6, 6.07) is 0. The lowest BCUT2D eigenvalue weighted by atomic mass is 9.65. The van der Waals surface area contributed by atoms with Crippen molar-refractivity contribution in [2.24, 2.45) is 16.7 Å². The molecule has 19 heavy (non-hydrogen) atoms. The van der Waals surface area contributed by atoms with Gasteiger partial charge in [0.2, 0.25) is 6.67 Å². The van der Waals surface area contributed by atoms with Gasteiger partial charge in [-0.25, -0.2) is 0 Å². The molecule has 2 fully saturated rings. The number of aliphatic hydroxyl groups is 1. The normalized spacial score (nSPS) is 45.0. The summed E-state index contributed by atoms with van der Waals surface area (Å²) < 4.78 is 2.13. The third-order valence-electron chi connectivity index (χ3n) is 6.23. The topological polar surface area (TPSA) is 26.5 Å². The van der Waals surface area contributed by atoms with Crippen LogP contribution >= 0.6 is 0 Å². The first-order valence-electron chi connectivity index (χ1n) is 7.01. The molecule has 0 aromatic heterocycles. The molecule has 3 atom stereocenters. The zero-order valence-electron chi connectivity index (χ0n) is 12.4. The number of hydrogen-bond donors (Lipinski definition) is 1. The zero-order chi connectivity index (χ0) is 13.2. The summed E-state index contributed by atoms with van der Waals surface area (Å²) in [4.78, 5) is 2.13. The van der Waals surface area contributed by atoms with Crippen molar-refractivity contribution in [3.63, 3.8) is 0 Å². The van der Waals surface area contributed by atoms with Crippen molar-refractivity contribution in [2.45, 2.75) is 45.6 Å². The Balaban J connectivity index is 0.00000133. The van der Waals surface area contributed by atoms with E-state index >= 15 is 0 Å². The number of rotatable bonds is 1. The molecule has 1 aliphatic heterocycles. The zero-order valence-corrected chi connectivity index (χ0v) is 13.9. The van der Waals surface area contributed by atoms with Crippen molar-refractivity contribution in [3.8, 4) is 0 Å². The second-order valence-electron chi connectivity index (χ2n) is 7.26. The third-order valence-corrected chi connectivity index (χ3v) is 6.23. The maximum atomic E-state index is 11.2. The summed E-state index contributed by atoms with van der Waals surface area (Å²) in [6.45, 7) is 7.80. The van der Waals surface area contributed by atoms with Gasteiger partial charge in [-0.05, 0) is 30.6 Å². The van der Waals surface area contributed by atoms with Gasteiger partial charge in [-0.3, -0.25) is 0 Å². The molecule has 0 amide bonds. The fourth-order valence-electron chi connectivity index (χ4n) is 4.43. The minimum atomic E-state index is -0.644. The van der Waals surface area contributed by atoms with Crippen molar-refractivity contribution in [3.05, 3.63) is 12.4 Å². The Bertz CT molecular complexity index is 445. The molecular weight excluding hydrogens is 304 g/mol. The van der Waals surface area contributed by atoms with E-state index in [1.807, 2.05) is 0 Å². The number of nitrogens with zero attached hydrogens (tertiary/aromatic N) is 2. The molecule has 3 aliphatic rings. The molecule has 1 heterocycles. The standard InChI is InChI=1S/C15H25N2O.BrH/c1-13(2)12-5-6-14(13,3)15(18,9-12)10-17-8-7-16(4)11-17;/h7-8,10,12,18H,5-6,9,11H2,1-4H3;1H/q+1;/p-1. The molecular formula is C15H25BrN2O. The quantitative estimate of drug-likeness (QED) is 0.627. The lowest BCUT2D eigenvalue weighted by molar-refractivity contribution is -0.463. The van der Waals surface area contributed by atoms with Crippen molar-refractivity contribution in [2.75, 3.05) is 13.7 Å². The largest absolute Gasteiger partial charge is 1.00 e. The summed E-state index contributed by atoms with van der Waals surface area (Å²) in [5.74, 6) is 0.660. The molecule has 3 nitrogen and oxygen atoms in total. The average Bonchev–Trinajstić information content (AvgIpc) is 2.80. The second-order valence-corrected chi connectivity index (χ2v) is 7.26. The van der Waals surface area contributed by atoms with Gasteiger partial charge in [0, 0.05) is 12.5 Å². The number of fused-ring (bicyclic) bond motifs is 2. The van der Waals surface area contributed by atoms with E-state index in [4.69, 9.17) is 0 Å². The van der Waals surface area contributed by atoms with Crippen LogP contribution in [0.25, 0.3) is 0 Å². The molecule has 3 rings (SSSR count). The van der Waals surface area contributed by atoms with Crippen LogP contribution in [-0.2, 0) is 0 Å². The molecule has 0 aromatic carbocycles. The number of halogens is 1. The van der Waals surface area contributed by atoms with E-state index in [2.05, 4.69) is 55.9 Å². The Labute approximate surface area is 126 Å². The summed E-state index contributed by atoms with van der Waals surface area (Å²) in [5, 5.41) is 11.2. The van der Waals surface area contributed by atoms with Crippen LogP contribution in [-0.4, -0.2) is 40.1 Å². The number of hydrogen-bond acceptors (Lipinski definition) is 2. The van der Waals surface area contributed by atoms with Crippen molar-refractivity contribution in [1.82, 2.24) is 4.90 Å². The van der Waals surface area contributed by atoms with E-state index in [0.29, 0.717) is 5.92 Å². The first-order chi connectivity index (χ1) is 8.28. The van der Waals surface area contributed by atoms with E-state index in [1.165, 1.54) is 6.42 Å². The van der Waals surface area contributed by atoms with Crippen LogP contribution in [0.3, 0.4) is 0 Å². The highest BCUT2D eigenvalue weighted by molar-refractivity contribution is 5.67. The van der Waals surface area contributed by atoms with Gasteiger partial charge in [0.15, 0.2) is 12.4 Å². The van der Waals surface area contributed by atoms with Gasteiger partial charge >= 0.3 is 0 Å². The summed E-state index contributed by atoms with van der Waals surface area (Å²) in [6.07, 6.45) is 9.53. The molecule has 4 heteroatoms. The molecule has 1 N–H and O–H groups in total. The van der Waals surface area contributed by atoms with Crippen molar-refractivity contribution >= 4 is 6.21 Å². The molecule has 0 aromatic rings. The van der Waals surface area contributed by atoms with Crippen molar-refractivity contribution in [1.29, 1.82) is 0 Å². The van der Waals surface area contributed by atoms with Gasteiger partial charge in [0.05, 0.1) is 6.20 Å². The molecule has 0 saturated heterocycles. The van der Waals surface area contributed by atoms with Crippen LogP contribution in [0.2, 0.25) is 0 Å². The Kier molecular flexibility index (Phi) is 3.42. The molecule has 2 aliphatic carbocycles. The van der Waals surface area contributed by atoms with Gasteiger partial charge in [0.1, 0.15) is 5.60 Å². The second kappa shape index (κ2) is 4.32. The summed E-state index contributed by atoms with van der Waals surface area (Å²) in [5.41, 5.74) is -0.387. The van der Waals surface area contributed by atoms with Crippen LogP contribution < -0.4 is 17.0 Å². The highest BCUT2D eigenvalue weighted by atomic mass is 79.9. The fourth-order valence-corrected chi connectivity index (χ4v) is 4.43. The Morgan fingerprint density at radius 2 is 2.05 bits per heavy atom. The monoisotopic (exact) mass is 328 g/mol. The molecule has 2 bridgehead atoms. The van der Waals surface area contributed by atoms with Gasteiger partial charge < -0.3 is 27.0 Å². The van der Waals surface area contributed by atoms with Gasteiger partial charge in [-0.1, -0.05) is 20.8 Å². The van der Waals surface area contributed by atoms with Gasteiger partial charge in [0.25, 0.3) is 0 Å². The van der Waals surface area contributed by atoms with E-state index in [9.17, 15) is 5.11 Å². The Morgan fingerprint density at radius 3 is 2.47 bits per heavy atom. The summed E-state index contributed by atoms with van der Waals surface area (Å²) >= 11 is 0. The molecule has 0 spiro atoms. The predicted molar refractivity (Wildman–Crippen MR) is 72.3 cm³/mol. The smallest absolute Gasteiger partial charge is 0.223 e. The van der Waals surface area contributed by atoms with Crippen LogP contribution in [0.5, 0.6) is 0 Å². The Hall–Kier alpha value is -0.350. The predicted octanol–water partition coefficient (Wildman–Crippen LogP) is -0.975. The van der Waals surface area contributed by atoms with E-state index < -0.39 is 5.60 Å². The van der Waals surface area contributed by atoms with E-state index in [-0.39, 0.29) is 27.8 Å². The lowest BCUT2D eigenvalue weighted by Crippen LogP contribution is -3.00. The third kappa shape index (κ3) is 1.83. The van der Waals surface area contributed by atoms with Crippen LogP contribution in [0.1, 0.15) is 40.0 Å². The van der Waals surface area contributed by atoms with E-state index in [0.717, 1.165) is 19.5 Å². The minimum Gasteiger partial charge on any atom is -1.00 e. The van der Waals surface area contributed by atoms with Gasteiger partial charge in [-0.2, -0.15) is 4.58 Å². The lowest BCUT2D eigenvalue weighted by Gasteiger charge is -2.41.